The quantitative estimate of drug-likeness (QED) is 0.250. The average molecular weight is 207 g/mol. The molecule has 2 nitrogen and oxygen atoms in total. The lowest BCUT2D eigenvalue weighted by Crippen LogP contribution is -1.96. The first-order valence-electron chi connectivity index (χ1n) is 4.69. The zero-order chi connectivity index (χ0) is 9.78. The Morgan fingerprint density at radius 2 is 1.92 bits per heavy atom. The van der Waals surface area contributed by atoms with E-state index in [4.69, 9.17) is 21.1 Å². The van der Waals surface area contributed by atoms with Crippen LogP contribution in [0.25, 0.3) is 0 Å². The van der Waals surface area contributed by atoms with Gasteiger partial charge in [0.15, 0.2) is 0 Å². The molecule has 13 heavy (non-hydrogen) atoms. The molecular weight excluding hydrogens is 188 g/mol. The molecule has 0 radical (unpaired) electrons. The van der Waals surface area contributed by atoms with Gasteiger partial charge in [-0.3, -0.25) is 0 Å². The third kappa shape index (κ3) is 12.0. The molecule has 0 spiro atoms. The van der Waals surface area contributed by atoms with Gasteiger partial charge in [0, 0.05) is 13.0 Å². The van der Waals surface area contributed by atoms with Gasteiger partial charge in [0.2, 0.25) is 0 Å². The molecule has 0 aliphatic heterocycles. The van der Waals surface area contributed by atoms with Crippen LogP contribution in [0.1, 0.15) is 25.7 Å². The number of ether oxygens (including phenoxy) is 2. The molecule has 0 fully saturated rings. The van der Waals surface area contributed by atoms with E-state index in [1.165, 1.54) is 6.42 Å². The predicted molar refractivity (Wildman–Crippen MR) is 56.2 cm³/mol. The lowest BCUT2D eigenvalue weighted by atomic mass is 10.2. The van der Waals surface area contributed by atoms with E-state index in [-0.39, 0.29) is 0 Å². The van der Waals surface area contributed by atoms with Crippen LogP contribution in [0.4, 0.5) is 0 Å². The van der Waals surface area contributed by atoms with E-state index in [1.807, 2.05) is 0 Å². The van der Waals surface area contributed by atoms with Crippen molar-refractivity contribution >= 4 is 11.6 Å². The van der Waals surface area contributed by atoms with E-state index in [0.717, 1.165) is 31.7 Å². The van der Waals surface area contributed by atoms with Gasteiger partial charge in [-0.25, -0.2) is 0 Å². The standard InChI is InChI=1S/C10H19ClO2/c1-12-10-13-9-7-5-3-2-4-6-8-11/h3,5H,2,4,6-10H2,1H3. The summed E-state index contributed by atoms with van der Waals surface area (Å²) in [5.41, 5.74) is 0. The van der Waals surface area contributed by atoms with Crippen molar-refractivity contribution in [2.45, 2.75) is 25.7 Å². The monoisotopic (exact) mass is 206 g/mol. The van der Waals surface area contributed by atoms with Crippen LogP contribution in [-0.2, 0) is 9.47 Å². The molecular formula is C10H19ClO2. The molecule has 0 aliphatic carbocycles. The van der Waals surface area contributed by atoms with Crippen LogP contribution < -0.4 is 0 Å². The van der Waals surface area contributed by atoms with E-state index in [1.54, 1.807) is 7.11 Å². The summed E-state index contributed by atoms with van der Waals surface area (Å²) in [5, 5.41) is 0. The minimum absolute atomic E-state index is 0.389. The Labute approximate surface area is 85.9 Å². The molecule has 3 heteroatoms. The summed E-state index contributed by atoms with van der Waals surface area (Å²) in [7, 11) is 1.63. The fourth-order valence-corrected chi connectivity index (χ4v) is 1.07. The molecule has 0 rings (SSSR count). The number of halogens is 1. The van der Waals surface area contributed by atoms with Crippen molar-refractivity contribution in [2.75, 3.05) is 26.4 Å². The highest BCUT2D eigenvalue weighted by Crippen LogP contribution is 1.98. The number of hydrogen-bond donors (Lipinski definition) is 0. The van der Waals surface area contributed by atoms with Gasteiger partial charge in [-0.1, -0.05) is 12.2 Å². The average Bonchev–Trinajstić information content (AvgIpc) is 2.16. The molecule has 0 aliphatic rings. The fourth-order valence-electron chi connectivity index (χ4n) is 0.886. The molecule has 0 heterocycles. The van der Waals surface area contributed by atoms with E-state index >= 15 is 0 Å². The van der Waals surface area contributed by atoms with Gasteiger partial charge >= 0.3 is 0 Å². The minimum atomic E-state index is 0.389. The first-order chi connectivity index (χ1) is 6.41. The van der Waals surface area contributed by atoms with Crippen LogP contribution in [0.15, 0.2) is 12.2 Å². The van der Waals surface area contributed by atoms with Gasteiger partial charge in [0.25, 0.3) is 0 Å². The summed E-state index contributed by atoms with van der Waals surface area (Å²) < 4.78 is 9.86. The second-order valence-corrected chi connectivity index (χ2v) is 3.14. The summed E-state index contributed by atoms with van der Waals surface area (Å²) >= 11 is 5.54. The second-order valence-electron chi connectivity index (χ2n) is 2.76. The Bertz CT molecular complexity index is 115. The normalized spacial score (nSPS) is 11.2. The molecule has 0 aromatic heterocycles. The number of hydrogen-bond acceptors (Lipinski definition) is 2. The van der Waals surface area contributed by atoms with Gasteiger partial charge in [0.1, 0.15) is 6.79 Å². The summed E-state index contributed by atoms with van der Waals surface area (Å²) in [6, 6.07) is 0. The molecule has 0 unspecified atom stereocenters. The van der Waals surface area contributed by atoms with E-state index in [2.05, 4.69) is 12.2 Å². The van der Waals surface area contributed by atoms with Crippen LogP contribution in [0.3, 0.4) is 0 Å². The summed E-state index contributed by atoms with van der Waals surface area (Å²) in [6.45, 7) is 1.12. The third-order valence-corrected chi connectivity index (χ3v) is 1.82. The maximum atomic E-state index is 5.54. The van der Waals surface area contributed by atoms with Gasteiger partial charge in [-0.15, -0.1) is 11.6 Å². The lowest BCUT2D eigenvalue weighted by Gasteiger charge is -1.98. The van der Waals surface area contributed by atoms with Crippen molar-refractivity contribution in [1.29, 1.82) is 0 Å². The molecule has 0 N–H and O–H groups in total. The highest BCUT2D eigenvalue weighted by molar-refractivity contribution is 6.17. The number of alkyl halides is 1. The first kappa shape index (κ1) is 12.9. The topological polar surface area (TPSA) is 18.5 Å². The van der Waals surface area contributed by atoms with E-state index < -0.39 is 0 Å². The Balaban J connectivity index is 2.95. The van der Waals surface area contributed by atoms with Crippen LogP contribution in [-0.4, -0.2) is 26.4 Å². The summed E-state index contributed by atoms with van der Waals surface area (Å²) in [4.78, 5) is 0. The van der Waals surface area contributed by atoms with Crippen LogP contribution >= 0.6 is 11.6 Å². The third-order valence-electron chi connectivity index (χ3n) is 1.55. The van der Waals surface area contributed by atoms with Crippen LogP contribution in [0, 0.1) is 0 Å². The lowest BCUT2D eigenvalue weighted by molar-refractivity contribution is -0.0285. The number of methoxy groups -OCH3 is 1. The van der Waals surface area contributed by atoms with E-state index in [0.29, 0.717) is 6.79 Å². The molecule has 0 aromatic rings. The summed E-state index contributed by atoms with van der Waals surface area (Å²) in [6.07, 6.45) is 8.69. The second kappa shape index (κ2) is 11.9. The maximum Gasteiger partial charge on any atom is 0.146 e. The molecule has 0 bridgehead atoms. The molecule has 78 valence electrons. The van der Waals surface area contributed by atoms with Crippen LogP contribution in [0.2, 0.25) is 0 Å². The van der Waals surface area contributed by atoms with E-state index in [9.17, 15) is 0 Å². The van der Waals surface area contributed by atoms with Gasteiger partial charge < -0.3 is 9.47 Å². The Morgan fingerprint density at radius 1 is 1.15 bits per heavy atom. The SMILES string of the molecule is COCOCCC=CCCCCCl. The molecule has 0 aromatic carbocycles. The number of unbranched alkanes of at least 4 members (excludes halogenated alkanes) is 2. The molecule has 0 amide bonds. The zero-order valence-electron chi connectivity index (χ0n) is 8.30. The van der Waals surface area contributed by atoms with Crippen molar-refractivity contribution in [1.82, 2.24) is 0 Å². The highest BCUT2D eigenvalue weighted by atomic mass is 35.5. The highest BCUT2D eigenvalue weighted by Gasteiger charge is 1.84. The largest absolute Gasteiger partial charge is 0.359 e. The Kier molecular flexibility index (Phi) is 11.9. The first-order valence-corrected chi connectivity index (χ1v) is 5.23. The van der Waals surface area contributed by atoms with Gasteiger partial charge in [-0.05, 0) is 25.7 Å². The van der Waals surface area contributed by atoms with Gasteiger partial charge in [-0.2, -0.15) is 0 Å². The fraction of sp³-hybridized carbons (Fsp3) is 0.800. The molecule has 0 saturated carbocycles. The number of allylic oxidation sites excluding steroid dienone is 1. The Morgan fingerprint density at radius 3 is 2.62 bits per heavy atom. The Hall–Kier alpha value is -0.0500. The smallest absolute Gasteiger partial charge is 0.146 e. The number of rotatable bonds is 9. The van der Waals surface area contributed by atoms with Crippen molar-refractivity contribution in [3.05, 3.63) is 12.2 Å². The van der Waals surface area contributed by atoms with Crippen LogP contribution in [0.5, 0.6) is 0 Å². The van der Waals surface area contributed by atoms with Gasteiger partial charge in [0.05, 0.1) is 6.61 Å². The predicted octanol–water partition coefficient (Wildman–Crippen LogP) is 2.96. The molecule has 0 saturated heterocycles. The van der Waals surface area contributed by atoms with Crippen molar-refractivity contribution < 1.29 is 9.47 Å². The minimum Gasteiger partial charge on any atom is -0.359 e. The van der Waals surface area contributed by atoms with Crippen molar-refractivity contribution in [3.8, 4) is 0 Å². The summed E-state index contributed by atoms with van der Waals surface area (Å²) in [5.74, 6) is 0.769. The van der Waals surface area contributed by atoms with Crippen molar-refractivity contribution in [2.24, 2.45) is 0 Å². The zero-order valence-corrected chi connectivity index (χ0v) is 9.05. The maximum absolute atomic E-state index is 5.54. The molecule has 0 atom stereocenters. The van der Waals surface area contributed by atoms with Crippen molar-refractivity contribution in [3.63, 3.8) is 0 Å².